The van der Waals surface area contributed by atoms with Crippen LogP contribution < -0.4 is 5.32 Å². The quantitative estimate of drug-likeness (QED) is 0.735. The first-order valence-electron chi connectivity index (χ1n) is 7.30. The Morgan fingerprint density at radius 2 is 1.76 bits per heavy atom. The maximum atomic E-state index is 3.59. The van der Waals surface area contributed by atoms with Crippen LogP contribution in [0.3, 0.4) is 0 Å². The van der Waals surface area contributed by atoms with E-state index in [1.807, 2.05) is 0 Å². The van der Waals surface area contributed by atoms with Crippen LogP contribution in [0.25, 0.3) is 0 Å². The van der Waals surface area contributed by atoms with Crippen LogP contribution in [0.2, 0.25) is 0 Å². The van der Waals surface area contributed by atoms with Crippen LogP contribution in [-0.2, 0) is 0 Å². The molecule has 2 nitrogen and oxygen atoms in total. The lowest BCUT2D eigenvalue weighted by Gasteiger charge is -2.32. The average molecular weight is 240 g/mol. The van der Waals surface area contributed by atoms with E-state index < -0.39 is 0 Å². The van der Waals surface area contributed by atoms with Crippen LogP contribution in [0.5, 0.6) is 0 Å². The van der Waals surface area contributed by atoms with E-state index in [1.165, 1.54) is 25.8 Å². The van der Waals surface area contributed by atoms with Gasteiger partial charge in [0.25, 0.3) is 0 Å². The third-order valence-electron chi connectivity index (χ3n) is 3.38. The predicted octanol–water partition coefficient (Wildman–Crippen LogP) is 3.27. The van der Waals surface area contributed by atoms with Crippen molar-refractivity contribution in [3.63, 3.8) is 0 Å². The van der Waals surface area contributed by atoms with E-state index >= 15 is 0 Å². The van der Waals surface area contributed by atoms with E-state index in [9.17, 15) is 0 Å². The van der Waals surface area contributed by atoms with E-state index in [4.69, 9.17) is 0 Å². The third-order valence-corrected chi connectivity index (χ3v) is 3.38. The Morgan fingerprint density at radius 1 is 1.18 bits per heavy atom. The van der Waals surface area contributed by atoms with Gasteiger partial charge in [0.2, 0.25) is 0 Å². The molecule has 0 radical (unpaired) electrons. The smallest absolute Gasteiger partial charge is 0.00993 e. The maximum absolute atomic E-state index is 3.59. The Hall–Kier alpha value is -0.0800. The lowest BCUT2D eigenvalue weighted by molar-refractivity contribution is 0.166. The lowest BCUT2D eigenvalue weighted by Crippen LogP contribution is -2.42. The van der Waals surface area contributed by atoms with E-state index in [0.717, 1.165) is 24.5 Å². The summed E-state index contributed by atoms with van der Waals surface area (Å²) in [7, 11) is 0. The second kappa shape index (κ2) is 6.19. The molecule has 1 atom stereocenters. The largest absolute Gasteiger partial charge is 0.312 e. The minimum absolute atomic E-state index is 0.252. The van der Waals surface area contributed by atoms with Crippen molar-refractivity contribution in [3.8, 4) is 0 Å². The molecule has 102 valence electrons. The number of nitrogens with zero attached hydrogens (tertiary/aromatic N) is 1. The molecule has 1 unspecified atom stereocenters. The second-order valence-electron chi connectivity index (χ2n) is 7.14. The molecule has 0 aliphatic heterocycles. The zero-order chi connectivity index (χ0) is 13.1. The van der Waals surface area contributed by atoms with Gasteiger partial charge in [0.15, 0.2) is 0 Å². The SMILES string of the molecule is CC(C)CN(C(C)CCNC(C)(C)C)C1CC1. The van der Waals surface area contributed by atoms with Gasteiger partial charge in [-0.25, -0.2) is 0 Å². The van der Waals surface area contributed by atoms with Crippen LogP contribution in [0, 0.1) is 5.92 Å². The molecule has 1 saturated carbocycles. The first-order valence-corrected chi connectivity index (χ1v) is 7.30. The Morgan fingerprint density at radius 3 is 2.18 bits per heavy atom. The minimum atomic E-state index is 0.252. The third kappa shape index (κ3) is 6.42. The van der Waals surface area contributed by atoms with Crippen molar-refractivity contribution in [1.29, 1.82) is 0 Å². The predicted molar refractivity (Wildman–Crippen MR) is 76.4 cm³/mol. The summed E-state index contributed by atoms with van der Waals surface area (Å²) in [4.78, 5) is 2.73. The highest BCUT2D eigenvalue weighted by molar-refractivity contribution is 4.88. The Labute approximate surface area is 108 Å². The van der Waals surface area contributed by atoms with E-state index in [0.29, 0.717) is 0 Å². The maximum Gasteiger partial charge on any atom is 0.00993 e. The van der Waals surface area contributed by atoms with Gasteiger partial charge in [-0.2, -0.15) is 0 Å². The fourth-order valence-electron chi connectivity index (χ4n) is 2.34. The molecule has 1 N–H and O–H groups in total. The lowest BCUT2D eigenvalue weighted by atomic mass is 10.1. The van der Waals surface area contributed by atoms with Gasteiger partial charge in [0, 0.05) is 24.2 Å². The van der Waals surface area contributed by atoms with Crippen LogP contribution in [-0.4, -0.2) is 35.6 Å². The van der Waals surface area contributed by atoms with Gasteiger partial charge >= 0.3 is 0 Å². The normalized spacial score (nSPS) is 19.1. The van der Waals surface area contributed by atoms with E-state index in [-0.39, 0.29) is 5.54 Å². The first-order chi connectivity index (χ1) is 7.79. The van der Waals surface area contributed by atoms with Crippen LogP contribution >= 0.6 is 0 Å². The first kappa shape index (κ1) is 15.0. The van der Waals surface area contributed by atoms with E-state index in [2.05, 4.69) is 51.8 Å². The van der Waals surface area contributed by atoms with Crippen molar-refractivity contribution in [2.24, 2.45) is 5.92 Å². The fraction of sp³-hybridized carbons (Fsp3) is 1.00. The molecule has 1 rings (SSSR count). The molecule has 0 amide bonds. The van der Waals surface area contributed by atoms with Crippen LogP contribution in [0.15, 0.2) is 0 Å². The van der Waals surface area contributed by atoms with Crippen LogP contribution in [0.1, 0.15) is 60.8 Å². The summed E-state index contributed by atoms with van der Waals surface area (Å²) in [6.45, 7) is 16.2. The summed E-state index contributed by atoms with van der Waals surface area (Å²) in [5.41, 5.74) is 0.252. The number of nitrogens with one attached hydrogen (secondary N) is 1. The van der Waals surface area contributed by atoms with Crippen molar-refractivity contribution in [3.05, 3.63) is 0 Å². The van der Waals surface area contributed by atoms with Gasteiger partial charge < -0.3 is 5.32 Å². The summed E-state index contributed by atoms with van der Waals surface area (Å²) in [5.74, 6) is 0.786. The Bertz CT molecular complexity index is 213. The highest BCUT2D eigenvalue weighted by atomic mass is 15.2. The summed E-state index contributed by atoms with van der Waals surface area (Å²) in [5, 5.41) is 3.59. The van der Waals surface area contributed by atoms with Gasteiger partial charge in [-0.05, 0) is 59.4 Å². The van der Waals surface area contributed by atoms with Gasteiger partial charge in [-0.1, -0.05) is 13.8 Å². The molecule has 0 saturated heterocycles. The molecule has 0 heterocycles. The minimum Gasteiger partial charge on any atom is -0.312 e. The zero-order valence-electron chi connectivity index (χ0n) is 12.7. The average Bonchev–Trinajstić information content (AvgIpc) is 2.94. The molecule has 1 aliphatic carbocycles. The second-order valence-corrected chi connectivity index (χ2v) is 7.14. The fourth-order valence-corrected chi connectivity index (χ4v) is 2.34. The van der Waals surface area contributed by atoms with Crippen molar-refractivity contribution in [2.75, 3.05) is 13.1 Å². The summed E-state index contributed by atoms with van der Waals surface area (Å²) >= 11 is 0. The Kier molecular flexibility index (Phi) is 5.46. The molecule has 0 aromatic rings. The molecule has 0 bridgehead atoms. The molecule has 1 aliphatic rings. The summed E-state index contributed by atoms with van der Waals surface area (Å²) in [6, 6.07) is 1.61. The van der Waals surface area contributed by atoms with Gasteiger partial charge in [-0.15, -0.1) is 0 Å². The molecule has 0 aromatic heterocycles. The zero-order valence-corrected chi connectivity index (χ0v) is 12.7. The van der Waals surface area contributed by atoms with Crippen LogP contribution in [0.4, 0.5) is 0 Å². The van der Waals surface area contributed by atoms with Crippen molar-refractivity contribution >= 4 is 0 Å². The molecular formula is C15H32N2. The van der Waals surface area contributed by atoms with Gasteiger partial charge in [0.05, 0.1) is 0 Å². The number of rotatable bonds is 7. The van der Waals surface area contributed by atoms with E-state index in [1.54, 1.807) is 0 Å². The topological polar surface area (TPSA) is 15.3 Å². The molecule has 17 heavy (non-hydrogen) atoms. The number of hydrogen-bond acceptors (Lipinski definition) is 2. The summed E-state index contributed by atoms with van der Waals surface area (Å²) in [6.07, 6.45) is 4.11. The highest BCUT2D eigenvalue weighted by Gasteiger charge is 2.32. The molecule has 0 spiro atoms. The van der Waals surface area contributed by atoms with Gasteiger partial charge in [0.1, 0.15) is 0 Å². The molecule has 0 aromatic carbocycles. The van der Waals surface area contributed by atoms with Crippen molar-refractivity contribution < 1.29 is 0 Å². The summed E-state index contributed by atoms with van der Waals surface area (Å²) < 4.78 is 0. The monoisotopic (exact) mass is 240 g/mol. The molecule has 2 heteroatoms. The standard InChI is InChI=1S/C15H32N2/c1-12(2)11-17(14-7-8-14)13(3)9-10-16-15(4,5)6/h12-14,16H,7-11H2,1-6H3. The Balaban J connectivity index is 2.30. The molecule has 1 fully saturated rings. The van der Waals surface area contributed by atoms with Crippen molar-refractivity contribution in [1.82, 2.24) is 10.2 Å². The molecular weight excluding hydrogens is 208 g/mol. The highest BCUT2D eigenvalue weighted by Crippen LogP contribution is 2.30. The number of hydrogen-bond donors (Lipinski definition) is 1. The van der Waals surface area contributed by atoms with Crippen molar-refractivity contribution in [2.45, 2.75) is 78.4 Å². The van der Waals surface area contributed by atoms with Gasteiger partial charge in [-0.3, -0.25) is 4.90 Å².